The number of nitrogens with zero attached hydrogens (tertiary/aromatic N) is 3. The highest BCUT2D eigenvalue weighted by molar-refractivity contribution is 7.71. The smallest absolute Gasteiger partial charge is 0.263 e. The van der Waals surface area contributed by atoms with Crippen LogP contribution in [0.25, 0.3) is 0 Å². The topological polar surface area (TPSA) is 67.5 Å². The second-order valence-electron chi connectivity index (χ2n) is 6.01. The minimum absolute atomic E-state index is 0.138. The van der Waals surface area contributed by atoms with Crippen LogP contribution in [0.3, 0.4) is 0 Å². The molecule has 1 amide bonds. The van der Waals surface area contributed by atoms with Gasteiger partial charge in [0.15, 0.2) is 4.77 Å². The predicted octanol–water partition coefficient (Wildman–Crippen LogP) is 1.65. The molecule has 0 bridgehead atoms. The third-order valence-electron chi connectivity index (χ3n) is 4.63. The quantitative estimate of drug-likeness (QED) is 0.798. The second-order valence-corrected chi connectivity index (χ2v) is 6.37. The zero-order chi connectivity index (χ0) is 17.6. The highest BCUT2D eigenvalue weighted by Crippen LogP contribution is 2.36. The Balaban J connectivity index is 2.36. The predicted molar refractivity (Wildman–Crippen MR) is 92.5 cm³/mol. The van der Waals surface area contributed by atoms with Crippen molar-refractivity contribution in [2.24, 2.45) is 14.1 Å². The molecule has 0 radical (unpaired) electrons. The van der Waals surface area contributed by atoms with Crippen LogP contribution in [-0.2, 0) is 25.3 Å². The van der Waals surface area contributed by atoms with E-state index in [2.05, 4.69) is 0 Å². The molecular weight excluding hydrogens is 326 g/mol. The van der Waals surface area contributed by atoms with Crippen molar-refractivity contribution in [3.63, 3.8) is 0 Å². The molecule has 1 aliphatic heterocycles. The van der Waals surface area contributed by atoms with Gasteiger partial charge in [-0.25, -0.2) is 0 Å². The molecule has 0 saturated heterocycles. The van der Waals surface area contributed by atoms with Gasteiger partial charge in [-0.3, -0.25) is 18.7 Å². The van der Waals surface area contributed by atoms with Gasteiger partial charge in [-0.2, -0.15) is 0 Å². The molecule has 0 saturated carbocycles. The van der Waals surface area contributed by atoms with Gasteiger partial charge in [0.1, 0.15) is 5.56 Å². The Labute approximate surface area is 144 Å². The van der Waals surface area contributed by atoms with Crippen LogP contribution in [-0.4, -0.2) is 31.6 Å². The number of aromatic nitrogens is 2. The van der Waals surface area contributed by atoms with Gasteiger partial charge in [-0.1, -0.05) is 24.3 Å². The SMILES string of the molecule is CC(=O)N1CCc2ccccc2[C@H]1c1c(O)n(C)c(=S)n(C)c1=O. The maximum absolute atomic E-state index is 12.8. The van der Waals surface area contributed by atoms with E-state index in [-0.39, 0.29) is 27.7 Å². The van der Waals surface area contributed by atoms with Crippen molar-refractivity contribution < 1.29 is 9.90 Å². The minimum Gasteiger partial charge on any atom is -0.494 e. The summed E-state index contributed by atoms with van der Waals surface area (Å²) in [5, 5.41) is 10.6. The van der Waals surface area contributed by atoms with Crippen molar-refractivity contribution in [1.29, 1.82) is 0 Å². The minimum atomic E-state index is -0.618. The van der Waals surface area contributed by atoms with Crippen LogP contribution in [0.15, 0.2) is 29.1 Å². The van der Waals surface area contributed by atoms with Gasteiger partial charge < -0.3 is 10.0 Å². The summed E-state index contributed by atoms with van der Waals surface area (Å²) in [7, 11) is 3.17. The van der Waals surface area contributed by atoms with Crippen LogP contribution >= 0.6 is 12.2 Å². The maximum Gasteiger partial charge on any atom is 0.263 e. The first kappa shape index (κ1) is 16.4. The van der Waals surface area contributed by atoms with Gasteiger partial charge in [0.05, 0.1) is 6.04 Å². The zero-order valence-corrected chi connectivity index (χ0v) is 14.6. The van der Waals surface area contributed by atoms with Gasteiger partial charge in [0.25, 0.3) is 5.56 Å². The van der Waals surface area contributed by atoms with E-state index >= 15 is 0 Å². The molecular formula is C17H19N3O3S. The Morgan fingerprint density at radius 2 is 1.92 bits per heavy atom. The Kier molecular flexibility index (Phi) is 4.04. The van der Waals surface area contributed by atoms with Gasteiger partial charge >= 0.3 is 0 Å². The van der Waals surface area contributed by atoms with E-state index in [0.29, 0.717) is 6.54 Å². The molecule has 0 aliphatic carbocycles. The molecule has 7 heteroatoms. The van der Waals surface area contributed by atoms with Gasteiger partial charge in [0, 0.05) is 27.6 Å². The van der Waals surface area contributed by atoms with Crippen LogP contribution in [0.2, 0.25) is 0 Å². The first-order valence-electron chi connectivity index (χ1n) is 7.68. The second kappa shape index (κ2) is 5.90. The molecule has 3 rings (SSSR count). The molecule has 1 atom stereocenters. The van der Waals surface area contributed by atoms with Gasteiger partial charge in [0.2, 0.25) is 11.8 Å². The number of benzene rings is 1. The summed E-state index contributed by atoms with van der Waals surface area (Å²) in [6.07, 6.45) is 0.721. The Hall–Kier alpha value is -2.41. The third-order valence-corrected chi connectivity index (χ3v) is 5.18. The number of carbonyl (C=O) groups is 1. The molecule has 126 valence electrons. The molecule has 0 spiro atoms. The molecule has 0 unspecified atom stereocenters. The average molecular weight is 345 g/mol. The first-order chi connectivity index (χ1) is 11.3. The fraction of sp³-hybridized carbons (Fsp3) is 0.353. The normalized spacial score (nSPS) is 16.8. The number of rotatable bonds is 1. The number of hydrogen-bond donors (Lipinski definition) is 1. The summed E-state index contributed by atoms with van der Waals surface area (Å²) in [6.45, 7) is 1.98. The molecule has 6 nitrogen and oxygen atoms in total. The summed E-state index contributed by atoms with van der Waals surface area (Å²) in [4.78, 5) is 26.6. The first-order valence-corrected chi connectivity index (χ1v) is 8.09. The summed E-state index contributed by atoms with van der Waals surface area (Å²) >= 11 is 5.17. The van der Waals surface area contributed by atoms with E-state index in [9.17, 15) is 14.7 Å². The lowest BCUT2D eigenvalue weighted by Crippen LogP contribution is -2.42. The summed E-state index contributed by atoms with van der Waals surface area (Å²) < 4.78 is 2.93. The number of hydrogen-bond acceptors (Lipinski definition) is 4. The molecule has 1 N–H and O–H groups in total. The lowest BCUT2D eigenvalue weighted by Gasteiger charge is -2.37. The van der Waals surface area contributed by atoms with Crippen molar-refractivity contribution in [1.82, 2.24) is 14.0 Å². The molecule has 0 fully saturated rings. The van der Waals surface area contributed by atoms with Crippen LogP contribution in [0.1, 0.15) is 29.7 Å². The lowest BCUT2D eigenvalue weighted by molar-refractivity contribution is -0.130. The lowest BCUT2D eigenvalue weighted by atomic mass is 9.88. The van der Waals surface area contributed by atoms with E-state index in [1.165, 1.54) is 16.1 Å². The monoisotopic (exact) mass is 345 g/mol. The van der Waals surface area contributed by atoms with Crippen molar-refractivity contribution in [3.8, 4) is 5.88 Å². The summed E-state index contributed by atoms with van der Waals surface area (Å²) in [5.74, 6) is -0.336. The molecule has 1 aliphatic rings. The number of carbonyl (C=O) groups excluding carboxylic acids is 1. The Morgan fingerprint density at radius 1 is 1.25 bits per heavy atom. The number of amides is 1. The van der Waals surface area contributed by atoms with Crippen LogP contribution in [0.5, 0.6) is 5.88 Å². The van der Waals surface area contributed by atoms with Crippen molar-refractivity contribution in [2.45, 2.75) is 19.4 Å². The third kappa shape index (κ3) is 2.36. The maximum atomic E-state index is 12.8. The Bertz CT molecular complexity index is 945. The van der Waals surface area contributed by atoms with Crippen LogP contribution in [0.4, 0.5) is 0 Å². The van der Waals surface area contributed by atoms with Crippen LogP contribution in [0, 0.1) is 4.77 Å². The van der Waals surface area contributed by atoms with Crippen molar-refractivity contribution >= 4 is 18.1 Å². The van der Waals surface area contributed by atoms with E-state index in [1.807, 2.05) is 24.3 Å². The van der Waals surface area contributed by atoms with E-state index in [1.54, 1.807) is 19.0 Å². The Morgan fingerprint density at radius 3 is 2.58 bits per heavy atom. The average Bonchev–Trinajstić information content (AvgIpc) is 2.58. The van der Waals surface area contributed by atoms with Gasteiger partial charge in [-0.15, -0.1) is 0 Å². The van der Waals surface area contributed by atoms with Crippen LogP contribution < -0.4 is 5.56 Å². The number of aromatic hydroxyl groups is 1. The number of fused-ring (bicyclic) bond motifs is 1. The van der Waals surface area contributed by atoms with Crippen molar-refractivity contribution in [3.05, 3.63) is 56.1 Å². The molecule has 24 heavy (non-hydrogen) atoms. The van der Waals surface area contributed by atoms with Crippen molar-refractivity contribution in [2.75, 3.05) is 6.54 Å². The largest absolute Gasteiger partial charge is 0.494 e. The fourth-order valence-corrected chi connectivity index (χ4v) is 3.49. The molecule has 2 heterocycles. The van der Waals surface area contributed by atoms with Gasteiger partial charge in [-0.05, 0) is 29.8 Å². The van der Waals surface area contributed by atoms with E-state index in [0.717, 1.165) is 17.5 Å². The fourth-order valence-electron chi connectivity index (χ4n) is 3.32. The molecule has 1 aromatic heterocycles. The zero-order valence-electron chi connectivity index (χ0n) is 13.8. The molecule has 2 aromatic rings. The highest BCUT2D eigenvalue weighted by atomic mass is 32.1. The summed E-state index contributed by atoms with van der Waals surface area (Å²) in [6, 6.07) is 7.08. The molecule has 1 aromatic carbocycles. The van der Waals surface area contributed by atoms with E-state index in [4.69, 9.17) is 12.2 Å². The van der Waals surface area contributed by atoms with E-state index < -0.39 is 6.04 Å². The summed E-state index contributed by atoms with van der Waals surface area (Å²) in [5.41, 5.74) is 1.73. The standard InChI is InChI=1S/C17H19N3O3S/c1-10(21)20-9-8-11-6-4-5-7-12(11)14(20)13-15(22)18(2)17(24)19(3)16(13)23/h4-7,14,22H,8-9H2,1-3H3/t14-/m0/s1. The highest BCUT2D eigenvalue weighted by Gasteiger charge is 2.35.